The molecule has 1 atom stereocenters. The van der Waals surface area contributed by atoms with E-state index in [4.69, 9.17) is 0 Å². The molecule has 2 nitrogen and oxygen atoms in total. The number of carbonyl (C=O) groups is 1. The largest absolute Gasteiger partial charge is 0.356 e. The maximum absolute atomic E-state index is 11.4. The Balaban J connectivity index is 3.38. The molecule has 0 radical (unpaired) electrons. The maximum atomic E-state index is 11.4. The SMILES string of the molecule is CCCC(C)C(=O)NCCCCBr. The van der Waals surface area contributed by atoms with Crippen molar-refractivity contribution in [2.24, 2.45) is 5.92 Å². The van der Waals surface area contributed by atoms with Crippen LogP contribution in [0.4, 0.5) is 0 Å². The van der Waals surface area contributed by atoms with Crippen molar-refractivity contribution in [3.63, 3.8) is 0 Å². The molecule has 0 aromatic heterocycles. The van der Waals surface area contributed by atoms with Gasteiger partial charge in [-0.2, -0.15) is 0 Å². The van der Waals surface area contributed by atoms with Gasteiger partial charge in [-0.3, -0.25) is 4.79 Å². The number of rotatable bonds is 7. The van der Waals surface area contributed by atoms with E-state index in [1.54, 1.807) is 0 Å². The lowest BCUT2D eigenvalue weighted by atomic mass is 10.1. The summed E-state index contributed by atoms with van der Waals surface area (Å²) in [5.74, 6) is 0.380. The van der Waals surface area contributed by atoms with E-state index in [0.717, 1.165) is 37.6 Å². The van der Waals surface area contributed by atoms with Gasteiger partial charge in [0.2, 0.25) is 5.91 Å². The van der Waals surface area contributed by atoms with Gasteiger partial charge >= 0.3 is 0 Å². The van der Waals surface area contributed by atoms with Crippen LogP contribution >= 0.6 is 15.9 Å². The van der Waals surface area contributed by atoms with E-state index in [1.165, 1.54) is 0 Å². The highest BCUT2D eigenvalue weighted by Gasteiger charge is 2.09. The van der Waals surface area contributed by atoms with Crippen LogP contribution in [0.2, 0.25) is 0 Å². The van der Waals surface area contributed by atoms with E-state index >= 15 is 0 Å². The van der Waals surface area contributed by atoms with Gasteiger partial charge in [0.25, 0.3) is 0 Å². The van der Waals surface area contributed by atoms with Crippen molar-refractivity contribution in [1.29, 1.82) is 0 Å². The molecule has 0 heterocycles. The van der Waals surface area contributed by atoms with Crippen LogP contribution in [0, 0.1) is 5.92 Å². The van der Waals surface area contributed by atoms with Crippen LogP contribution in [0.3, 0.4) is 0 Å². The molecule has 1 unspecified atom stereocenters. The van der Waals surface area contributed by atoms with Crippen LogP contribution in [0.25, 0.3) is 0 Å². The van der Waals surface area contributed by atoms with Crippen molar-refractivity contribution in [1.82, 2.24) is 5.32 Å². The molecule has 78 valence electrons. The Hall–Kier alpha value is -0.0500. The van der Waals surface area contributed by atoms with Gasteiger partial charge in [-0.05, 0) is 19.3 Å². The number of unbranched alkanes of at least 4 members (excludes halogenated alkanes) is 1. The fourth-order valence-corrected chi connectivity index (χ4v) is 1.57. The predicted molar refractivity (Wildman–Crippen MR) is 60.1 cm³/mol. The van der Waals surface area contributed by atoms with Crippen molar-refractivity contribution in [3.05, 3.63) is 0 Å². The molecule has 0 aromatic rings. The van der Waals surface area contributed by atoms with Crippen LogP contribution in [0.5, 0.6) is 0 Å². The molecule has 0 fully saturated rings. The van der Waals surface area contributed by atoms with Crippen LogP contribution in [-0.4, -0.2) is 17.8 Å². The predicted octanol–water partition coefficient (Wildman–Crippen LogP) is 2.71. The molecule has 0 saturated carbocycles. The Morgan fingerprint density at radius 3 is 2.69 bits per heavy atom. The summed E-state index contributed by atoms with van der Waals surface area (Å²) in [6, 6.07) is 0. The molecule has 0 aliphatic heterocycles. The number of nitrogens with one attached hydrogen (secondary N) is 1. The first-order chi connectivity index (χ1) is 6.22. The fourth-order valence-electron chi connectivity index (χ4n) is 1.17. The van der Waals surface area contributed by atoms with Gasteiger partial charge in [-0.25, -0.2) is 0 Å². The topological polar surface area (TPSA) is 29.1 Å². The van der Waals surface area contributed by atoms with Crippen molar-refractivity contribution < 1.29 is 4.79 Å². The zero-order valence-corrected chi connectivity index (χ0v) is 10.2. The monoisotopic (exact) mass is 249 g/mol. The molecule has 0 spiro atoms. The van der Waals surface area contributed by atoms with Gasteiger partial charge < -0.3 is 5.32 Å². The average Bonchev–Trinajstić information content (AvgIpc) is 2.12. The molecule has 1 N–H and O–H groups in total. The van der Waals surface area contributed by atoms with E-state index in [2.05, 4.69) is 28.2 Å². The Kier molecular flexibility index (Phi) is 8.51. The number of amides is 1. The summed E-state index contributed by atoms with van der Waals surface area (Å²) in [5.41, 5.74) is 0. The maximum Gasteiger partial charge on any atom is 0.222 e. The van der Waals surface area contributed by atoms with Crippen molar-refractivity contribution >= 4 is 21.8 Å². The van der Waals surface area contributed by atoms with Gasteiger partial charge in [0.15, 0.2) is 0 Å². The first-order valence-corrected chi connectivity index (χ1v) is 6.18. The first-order valence-electron chi connectivity index (χ1n) is 5.06. The third kappa shape index (κ3) is 7.05. The lowest BCUT2D eigenvalue weighted by Gasteiger charge is -2.10. The van der Waals surface area contributed by atoms with Gasteiger partial charge in [0.05, 0.1) is 0 Å². The molecule has 0 aliphatic carbocycles. The summed E-state index contributed by atoms with van der Waals surface area (Å²) < 4.78 is 0. The molecular formula is C10H20BrNO. The van der Waals surface area contributed by atoms with Gasteiger partial charge in [-0.1, -0.05) is 36.2 Å². The van der Waals surface area contributed by atoms with Crippen LogP contribution < -0.4 is 5.32 Å². The van der Waals surface area contributed by atoms with E-state index in [-0.39, 0.29) is 11.8 Å². The van der Waals surface area contributed by atoms with E-state index in [9.17, 15) is 4.79 Å². The van der Waals surface area contributed by atoms with Crippen molar-refractivity contribution in [2.75, 3.05) is 11.9 Å². The molecule has 1 amide bonds. The number of halogens is 1. The minimum Gasteiger partial charge on any atom is -0.356 e. The smallest absolute Gasteiger partial charge is 0.222 e. The summed E-state index contributed by atoms with van der Waals surface area (Å²) in [7, 11) is 0. The summed E-state index contributed by atoms with van der Waals surface area (Å²) in [5, 5.41) is 3.96. The van der Waals surface area contributed by atoms with Crippen LogP contribution in [0.1, 0.15) is 39.5 Å². The number of carbonyl (C=O) groups excluding carboxylic acids is 1. The number of hydrogen-bond donors (Lipinski definition) is 1. The summed E-state index contributed by atoms with van der Waals surface area (Å²) in [6.07, 6.45) is 4.26. The lowest BCUT2D eigenvalue weighted by molar-refractivity contribution is -0.124. The second-order valence-electron chi connectivity index (χ2n) is 3.38. The third-order valence-corrected chi connectivity index (χ3v) is 2.59. The summed E-state index contributed by atoms with van der Waals surface area (Å²) in [6.45, 7) is 4.91. The second-order valence-corrected chi connectivity index (χ2v) is 4.17. The van der Waals surface area contributed by atoms with Crippen molar-refractivity contribution in [2.45, 2.75) is 39.5 Å². The van der Waals surface area contributed by atoms with Gasteiger partial charge in [0, 0.05) is 17.8 Å². The van der Waals surface area contributed by atoms with Crippen molar-refractivity contribution in [3.8, 4) is 0 Å². The number of hydrogen-bond acceptors (Lipinski definition) is 1. The third-order valence-electron chi connectivity index (χ3n) is 2.03. The molecule has 0 rings (SSSR count). The highest BCUT2D eigenvalue weighted by atomic mass is 79.9. The van der Waals surface area contributed by atoms with Crippen LogP contribution in [-0.2, 0) is 4.79 Å². The fraction of sp³-hybridized carbons (Fsp3) is 0.900. The summed E-state index contributed by atoms with van der Waals surface area (Å²) >= 11 is 3.36. The number of alkyl halides is 1. The van der Waals surface area contributed by atoms with Crippen LogP contribution in [0.15, 0.2) is 0 Å². The second kappa shape index (κ2) is 8.54. The van der Waals surface area contributed by atoms with E-state index in [0.29, 0.717) is 0 Å². The van der Waals surface area contributed by atoms with Gasteiger partial charge in [-0.15, -0.1) is 0 Å². The molecule has 0 aromatic carbocycles. The van der Waals surface area contributed by atoms with E-state index < -0.39 is 0 Å². The first kappa shape index (κ1) is 12.9. The Morgan fingerprint density at radius 2 is 2.15 bits per heavy atom. The molecule has 13 heavy (non-hydrogen) atoms. The highest BCUT2D eigenvalue weighted by molar-refractivity contribution is 9.09. The zero-order valence-electron chi connectivity index (χ0n) is 8.61. The Labute approximate surface area is 89.6 Å². The molecule has 3 heteroatoms. The quantitative estimate of drug-likeness (QED) is 0.546. The Morgan fingerprint density at radius 1 is 1.46 bits per heavy atom. The normalized spacial score (nSPS) is 12.5. The average molecular weight is 250 g/mol. The summed E-state index contributed by atoms with van der Waals surface area (Å²) in [4.78, 5) is 11.4. The standard InChI is InChI=1S/C10H20BrNO/c1-3-6-9(2)10(13)12-8-5-4-7-11/h9H,3-8H2,1-2H3,(H,12,13). The zero-order chi connectivity index (χ0) is 10.1. The molecule has 0 bridgehead atoms. The Bertz CT molecular complexity index is 139. The molecule has 0 aliphatic rings. The molecule has 0 saturated heterocycles. The molecular weight excluding hydrogens is 230 g/mol. The minimum absolute atomic E-state index is 0.175. The minimum atomic E-state index is 0.175. The lowest BCUT2D eigenvalue weighted by Crippen LogP contribution is -2.29. The van der Waals surface area contributed by atoms with Gasteiger partial charge in [0.1, 0.15) is 0 Å². The van der Waals surface area contributed by atoms with E-state index in [1.807, 2.05) is 6.92 Å². The highest BCUT2D eigenvalue weighted by Crippen LogP contribution is 2.04.